The van der Waals surface area contributed by atoms with Crippen LogP contribution in [0, 0.1) is 0 Å². The number of benzene rings is 1. The largest absolute Gasteiger partial charge is 0.494 e. The second kappa shape index (κ2) is 10.1. The predicted molar refractivity (Wildman–Crippen MR) is 94.1 cm³/mol. The minimum absolute atomic E-state index is 0.0632. The number of carbonyl (C=O) groups is 1. The molecule has 0 aliphatic carbocycles. The number of amides is 1. The number of piperidine rings is 1. The van der Waals surface area contributed by atoms with Crippen LogP contribution in [-0.4, -0.2) is 30.6 Å². The van der Waals surface area contributed by atoms with Crippen molar-refractivity contribution in [3.8, 4) is 5.75 Å². The Morgan fingerprint density at radius 2 is 1.91 bits per heavy atom. The van der Waals surface area contributed by atoms with Gasteiger partial charge in [0.15, 0.2) is 0 Å². The summed E-state index contributed by atoms with van der Waals surface area (Å²) in [4.78, 5) is 11.9. The monoisotopic (exact) mass is 316 g/mol. The molecular weight excluding hydrogens is 288 g/mol. The summed E-state index contributed by atoms with van der Waals surface area (Å²) in [5.74, 6) is 0.822. The predicted octanol–water partition coefficient (Wildman–Crippen LogP) is 3.79. The summed E-state index contributed by atoms with van der Waals surface area (Å²) in [6.07, 6.45) is 10.5. The van der Waals surface area contributed by atoms with Gasteiger partial charge in [-0.3, -0.25) is 10.2 Å². The Morgan fingerprint density at radius 1 is 1.17 bits per heavy atom. The molecule has 4 heteroatoms. The number of hydrogen-bond acceptors (Lipinski definition) is 3. The molecule has 1 aromatic carbocycles. The third-order valence-corrected chi connectivity index (χ3v) is 3.95. The van der Waals surface area contributed by atoms with Crippen molar-refractivity contribution >= 4 is 12.0 Å². The van der Waals surface area contributed by atoms with Crippen molar-refractivity contribution in [2.24, 2.45) is 0 Å². The van der Waals surface area contributed by atoms with Gasteiger partial charge in [0.2, 0.25) is 0 Å². The molecule has 0 aromatic heterocycles. The first-order valence-electron chi connectivity index (χ1n) is 8.74. The first kappa shape index (κ1) is 17.5. The zero-order valence-corrected chi connectivity index (χ0v) is 14.1. The van der Waals surface area contributed by atoms with Crippen LogP contribution in [0.4, 0.5) is 0 Å². The summed E-state index contributed by atoms with van der Waals surface area (Å²) < 4.78 is 5.68. The van der Waals surface area contributed by atoms with Crippen molar-refractivity contribution < 1.29 is 9.53 Å². The Morgan fingerprint density at radius 3 is 2.61 bits per heavy atom. The molecule has 23 heavy (non-hydrogen) atoms. The molecule has 1 amide bonds. The molecule has 1 aromatic rings. The average Bonchev–Trinajstić information content (AvgIpc) is 2.59. The fraction of sp³-hybridized carbons (Fsp3) is 0.526. The second-order valence-corrected chi connectivity index (χ2v) is 5.98. The van der Waals surface area contributed by atoms with Gasteiger partial charge in [0.05, 0.1) is 6.61 Å². The normalized spacial score (nSPS) is 15.7. The molecule has 2 rings (SSSR count). The molecule has 0 radical (unpaired) electrons. The molecule has 0 unspecified atom stereocenters. The maximum atomic E-state index is 11.9. The van der Waals surface area contributed by atoms with Gasteiger partial charge in [0, 0.05) is 19.2 Å². The van der Waals surface area contributed by atoms with Gasteiger partial charge in [-0.25, -0.2) is 5.01 Å². The molecule has 0 bridgehead atoms. The van der Waals surface area contributed by atoms with Crippen molar-refractivity contribution in [2.75, 3.05) is 19.7 Å². The fourth-order valence-corrected chi connectivity index (χ4v) is 2.59. The Balaban J connectivity index is 1.74. The Labute approximate surface area is 139 Å². The van der Waals surface area contributed by atoms with Crippen LogP contribution < -0.4 is 10.2 Å². The molecular formula is C19H28N2O2. The standard InChI is InChI=1S/C19H28N2O2/c1-2-3-7-16-23-18-11-8-17(9-12-18)10-13-19(22)20-21-14-5-4-6-15-21/h8-13H,2-7,14-16H2,1H3,(H,20,22)/b13-10+. The molecule has 1 heterocycles. The van der Waals surface area contributed by atoms with Crippen LogP contribution in [-0.2, 0) is 4.79 Å². The van der Waals surface area contributed by atoms with Gasteiger partial charge in [-0.05, 0) is 43.0 Å². The molecule has 0 spiro atoms. The average molecular weight is 316 g/mol. The van der Waals surface area contributed by atoms with Crippen molar-refractivity contribution in [1.29, 1.82) is 0 Å². The van der Waals surface area contributed by atoms with E-state index >= 15 is 0 Å². The highest BCUT2D eigenvalue weighted by molar-refractivity contribution is 5.91. The summed E-state index contributed by atoms with van der Waals surface area (Å²) in [7, 11) is 0. The molecule has 1 saturated heterocycles. The molecule has 1 N–H and O–H groups in total. The maximum Gasteiger partial charge on any atom is 0.258 e. The third kappa shape index (κ3) is 6.87. The molecule has 1 aliphatic rings. The van der Waals surface area contributed by atoms with Crippen molar-refractivity contribution in [1.82, 2.24) is 10.4 Å². The molecule has 1 fully saturated rings. The van der Waals surface area contributed by atoms with E-state index in [9.17, 15) is 4.79 Å². The van der Waals surface area contributed by atoms with Crippen LogP contribution >= 0.6 is 0 Å². The summed E-state index contributed by atoms with van der Waals surface area (Å²) in [6.45, 7) is 4.84. The molecule has 4 nitrogen and oxygen atoms in total. The van der Waals surface area contributed by atoms with Crippen LogP contribution in [0.1, 0.15) is 51.0 Å². The first-order chi connectivity index (χ1) is 11.3. The van der Waals surface area contributed by atoms with E-state index in [2.05, 4.69) is 12.3 Å². The fourth-order valence-electron chi connectivity index (χ4n) is 2.59. The van der Waals surface area contributed by atoms with E-state index in [1.807, 2.05) is 35.4 Å². The highest BCUT2D eigenvalue weighted by Crippen LogP contribution is 2.14. The Kier molecular flexibility index (Phi) is 7.67. The highest BCUT2D eigenvalue weighted by Gasteiger charge is 2.10. The Hall–Kier alpha value is -1.81. The van der Waals surface area contributed by atoms with Gasteiger partial charge in [0.25, 0.3) is 5.91 Å². The van der Waals surface area contributed by atoms with E-state index in [0.29, 0.717) is 0 Å². The zero-order chi connectivity index (χ0) is 16.3. The lowest BCUT2D eigenvalue weighted by atomic mass is 10.2. The minimum Gasteiger partial charge on any atom is -0.494 e. The van der Waals surface area contributed by atoms with Gasteiger partial charge < -0.3 is 4.74 Å². The van der Waals surface area contributed by atoms with Gasteiger partial charge in [-0.2, -0.15) is 0 Å². The van der Waals surface area contributed by atoms with Crippen LogP contribution in [0.3, 0.4) is 0 Å². The molecule has 1 aliphatic heterocycles. The van der Waals surface area contributed by atoms with Gasteiger partial charge in [-0.1, -0.05) is 38.3 Å². The first-order valence-corrected chi connectivity index (χ1v) is 8.74. The SMILES string of the molecule is CCCCCOc1ccc(/C=C/C(=O)NN2CCCCC2)cc1. The number of hydrazine groups is 1. The molecule has 0 saturated carbocycles. The number of unbranched alkanes of at least 4 members (excludes halogenated alkanes) is 2. The molecule has 0 atom stereocenters. The van der Waals surface area contributed by atoms with Gasteiger partial charge >= 0.3 is 0 Å². The Bertz CT molecular complexity index is 491. The lowest BCUT2D eigenvalue weighted by molar-refractivity contribution is -0.121. The van der Waals surface area contributed by atoms with Crippen molar-refractivity contribution in [3.05, 3.63) is 35.9 Å². The van der Waals surface area contributed by atoms with Crippen LogP contribution in [0.25, 0.3) is 6.08 Å². The van der Waals surface area contributed by atoms with Crippen LogP contribution in [0.15, 0.2) is 30.3 Å². The van der Waals surface area contributed by atoms with E-state index in [1.54, 1.807) is 6.08 Å². The topological polar surface area (TPSA) is 41.6 Å². The van der Waals surface area contributed by atoms with Gasteiger partial charge in [0.1, 0.15) is 5.75 Å². The summed E-state index contributed by atoms with van der Waals surface area (Å²) in [5, 5.41) is 2.00. The number of nitrogens with zero attached hydrogens (tertiary/aromatic N) is 1. The summed E-state index contributed by atoms with van der Waals surface area (Å²) in [6, 6.07) is 7.85. The number of hydrogen-bond donors (Lipinski definition) is 1. The minimum atomic E-state index is -0.0632. The summed E-state index contributed by atoms with van der Waals surface area (Å²) >= 11 is 0. The van der Waals surface area contributed by atoms with Crippen molar-refractivity contribution in [3.63, 3.8) is 0 Å². The molecule has 126 valence electrons. The zero-order valence-electron chi connectivity index (χ0n) is 14.1. The maximum absolute atomic E-state index is 11.9. The van der Waals surface area contributed by atoms with E-state index < -0.39 is 0 Å². The summed E-state index contributed by atoms with van der Waals surface area (Å²) in [5.41, 5.74) is 3.92. The number of rotatable bonds is 8. The number of carbonyl (C=O) groups excluding carboxylic acids is 1. The van der Waals surface area contributed by atoms with Crippen LogP contribution in [0.5, 0.6) is 5.75 Å². The smallest absolute Gasteiger partial charge is 0.258 e. The van der Waals surface area contributed by atoms with Crippen molar-refractivity contribution in [2.45, 2.75) is 45.4 Å². The lowest BCUT2D eigenvalue weighted by Crippen LogP contribution is -2.44. The van der Waals surface area contributed by atoms with E-state index in [1.165, 1.54) is 19.3 Å². The van der Waals surface area contributed by atoms with Gasteiger partial charge in [-0.15, -0.1) is 0 Å². The second-order valence-electron chi connectivity index (χ2n) is 5.98. The van der Waals surface area contributed by atoms with Crippen LogP contribution in [0.2, 0.25) is 0 Å². The van der Waals surface area contributed by atoms with E-state index in [4.69, 9.17) is 4.74 Å². The van der Waals surface area contributed by atoms with E-state index in [0.717, 1.165) is 50.3 Å². The highest BCUT2D eigenvalue weighted by atomic mass is 16.5. The lowest BCUT2D eigenvalue weighted by Gasteiger charge is -2.26. The van der Waals surface area contributed by atoms with E-state index in [-0.39, 0.29) is 5.91 Å². The quantitative estimate of drug-likeness (QED) is 0.586. The number of ether oxygens (including phenoxy) is 1. The third-order valence-electron chi connectivity index (χ3n) is 3.95. The number of nitrogens with one attached hydrogen (secondary N) is 1.